The summed E-state index contributed by atoms with van der Waals surface area (Å²) >= 11 is 0. The number of benzene rings is 2. The van der Waals surface area contributed by atoms with E-state index in [2.05, 4.69) is 15.0 Å². The Morgan fingerprint density at radius 3 is 2.44 bits per heavy atom. The zero-order valence-electron chi connectivity index (χ0n) is 16.9. The lowest BCUT2D eigenvalue weighted by Gasteiger charge is -2.45. The van der Waals surface area contributed by atoms with Gasteiger partial charge in [0.2, 0.25) is 10.0 Å². The zero-order valence-corrected chi connectivity index (χ0v) is 18.7. The molecule has 2 aromatic rings. The van der Waals surface area contributed by atoms with Gasteiger partial charge >= 0.3 is 12.3 Å². The fourth-order valence-corrected chi connectivity index (χ4v) is 5.82. The third-order valence-corrected chi connectivity index (χ3v) is 7.85. The number of anilines is 1. The van der Waals surface area contributed by atoms with Gasteiger partial charge in [-0.1, -0.05) is 12.1 Å². The van der Waals surface area contributed by atoms with Gasteiger partial charge in [0.1, 0.15) is 5.75 Å². The third-order valence-electron chi connectivity index (χ3n) is 5.07. The van der Waals surface area contributed by atoms with Gasteiger partial charge in [-0.15, -0.1) is 13.2 Å². The summed E-state index contributed by atoms with van der Waals surface area (Å²) in [6.45, 7) is 2.13. The standard InChI is InChI=1S/C20H20F3N2O5SSi/c1-13-19(32)24(15-5-7-16(8-6-15)30-20(21,22)23)9-10-25(13)31(28,29)17-4-2-3-14(11-17)12-18(26)27/h2-8,11,13,19H,9-10,12H2,1H3,(H,26,27)/t13-,19?/m0/s1. The van der Waals surface area contributed by atoms with Crippen molar-refractivity contribution < 1.29 is 36.2 Å². The maximum atomic E-state index is 13.2. The van der Waals surface area contributed by atoms with Crippen molar-refractivity contribution in [1.82, 2.24) is 4.31 Å². The number of carboxylic acid groups (broad SMARTS) is 1. The van der Waals surface area contributed by atoms with Crippen molar-refractivity contribution in [2.45, 2.75) is 36.3 Å². The third kappa shape index (κ3) is 5.42. The number of carboxylic acids is 1. The molecule has 3 radical (unpaired) electrons. The molecule has 2 atom stereocenters. The van der Waals surface area contributed by atoms with Gasteiger partial charge in [-0.05, 0) is 48.9 Å². The maximum absolute atomic E-state index is 13.2. The molecule has 0 bridgehead atoms. The van der Waals surface area contributed by atoms with Gasteiger partial charge in [0, 0.05) is 30.5 Å². The summed E-state index contributed by atoms with van der Waals surface area (Å²) in [5, 5.41) is 8.96. The molecule has 12 heteroatoms. The number of rotatable bonds is 6. The fraction of sp³-hybridized carbons (Fsp3) is 0.350. The molecule has 0 aromatic heterocycles. The second-order valence-corrected chi connectivity index (χ2v) is 9.74. The van der Waals surface area contributed by atoms with Crippen molar-refractivity contribution in [1.29, 1.82) is 0 Å². The molecule has 171 valence electrons. The predicted molar refractivity (Wildman–Crippen MR) is 111 cm³/mol. The molecule has 1 heterocycles. The van der Waals surface area contributed by atoms with Crippen molar-refractivity contribution in [2.24, 2.45) is 0 Å². The van der Waals surface area contributed by atoms with Gasteiger partial charge in [-0.2, -0.15) is 4.31 Å². The summed E-state index contributed by atoms with van der Waals surface area (Å²) < 4.78 is 68.7. The monoisotopic (exact) mass is 485 g/mol. The Labute approximate surface area is 186 Å². The van der Waals surface area contributed by atoms with Gasteiger partial charge in [0.15, 0.2) is 0 Å². The first kappa shape index (κ1) is 24.1. The van der Waals surface area contributed by atoms with Crippen LogP contribution in [0.5, 0.6) is 5.75 Å². The molecule has 1 saturated heterocycles. The highest BCUT2D eigenvalue weighted by Crippen LogP contribution is 2.30. The molecule has 3 rings (SSSR count). The number of hydrogen-bond donors (Lipinski definition) is 1. The highest BCUT2D eigenvalue weighted by Gasteiger charge is 2.38. The average molecular weight is 486 g/mol. The summed E-state index contributed by atoms with van der Waals surface area (Å²) in [7, 11) is -0.328. The molecule has 2 aromatic carbocycles. The van der Waals surface area contributed by atoms with E-state index in [-0.39, 0.29) is 30.2 Å². The summed E-state index contributed by atoms with van der Waals surface area (Å²) in [6.07, 6.45) is -5.07. The highest BCUT2D eigenvalue weighted by atomic mass is 32.2. The molecule has 1 unspecified atom stereocenters. The lowest BCUT2D eigenvalue weighted by atomic mass is 10.2. The molecular weight excluding hydrogens is 465 g/mol. The Balaban J connectivity index is 1.78. The second-order valence-electron chi connectivity index (χ2n) is 7.25. The van der Waals surface area contributed by atoms with Gasteiger partial charge in [-0.25, -0.2) is 8.42 Å². The summed E-state index contributed by atoms with van der Waals surface area (Å²) in [4.78, 5) is 12.8. The number of halogens is 3. The molecule has 1 fully saturated rings. The van der Waals surface area contributed by atoms with Crippen molar-refractivity contribution in [3.05, 3.63) is 54.1 Å². The fourth-order valence-electron chi connectivity index (χ4n) is 3.56. The summed E-state index contributed by atoms with van der Waals surface area (Å²) in [5.41, 5.74) is 0.517. The minimum atomic E-state index is -4.78. The highest BCUT2D eigenvalue weighted by molar-refractivity contribution is 7.89. The number of alkyl halides is 3. The molecule has 0 spiro atoms. The van der Waals surface area contributed by atoms with E-state index < -0.39 is 34.1 Å². The van der Waals surface area contributed by atoms with E-state index in [1.165, 1.54) is 46.8 Å². The lowest BCUT2D eigenvalue weighted by molar-refractivity contribution is -0.274. The maximum Gasteiger partial charge on any atom is 0.573 e. The second kappa shape index (κ2) is 9.12. The Bertz CT molecular complexity index is 1080. The van der Waals surface area contributed by atoms with Gasteiger partial charge in [0.25, 0.3) is 0 Å². The van der Waals surface area contributed by atoms with Crippen LogP contribution in [0.3, 0.4) is 0 Å². The molecular formula is C20H20F3N2O5SSi. The van der Waals surface area contributed by atoms with Crippen LogP contribution in [0, 0.1) is 0 Å². The minimum absolute atomic E-state index is 0.00377. The van der Waals surface area contributed by atoms with Crippen LogP contribution < -0.4 is 9.64 Å². The number of nitrogens with zero attached hydrogens (tertiary/aromatic N) is 2. The van der Waals surface area contributed by atoms with E-state index in [1.54, 1.807) is 13.0 Å². The number of carbonyl (C=O) groups is 1. The smallest absolute Gasteiger partial charge is 0.481 e. The quantitative estimate of drug-likeness (QED) is 0.633. The van der Waals surface area contributed by atoms with Crippen molar-refractivity contribution >= 4 is 31.9 Å². The summed E-state index contributed by atoms with van der Waals surface area (Å²) in [6, 6.07) is 10.6. The number of ether oxygens (including phenoxy) is 1. The SMILES string of the molecule is C[C@H]1C([Si])N(c2ccc(OC(F)(F)F)cc2)CCN1S(=O)(=O)c1cccc(CC(=O)O)c1. The van der Waals surface area contributed by atoms with Crippen LogP contribution in [0.1, 0.15) is 12.5 Å². The number of aliphatic carboxylic acids is 1. The van der Waals surface area contributed by atoms with Gasteiger partial charge < -0.3 is 14.7 Å². The Hall–Kier alpha value is -2.57. The lowest BCUT2D eigenvalue weighted by Crippen LogP contribution is -2.60. The largest absolute Gasteiger partial charge is 0.573 e. The van der Waals surface area contributed by atoms with E-state index in [0.29, 0.717) is 11.3 Å². The number of piperazine rings is 1. The Morgan fingerprint density at radius 2 is 1.84 bits per heavy atom. The Kier molecular flexibility index (Phi) is 6.86. The van der Waals surface area contributed by atoms with Gasteiger partial charge in [0.05, 0.1) is 21.6 Å². The van der Waals surface area contributed by atoms with E-state index >= 15 is 0 Å². The van der Waals surface area contributed by atoms with Crippen LogP contribution in [-0.4, -0.2) is 65.2 Å². The van der Waals surface area contributed by atoms with Crippen LogP contribution in [-0.2, 0) is 21.2 Å². The van der Waals surface area contributed by atoms with Crippen molar-refractivity contribution in [2.75, 3.05) is 18.0 Å². The predicted octanol–water partition coefficient (Wildman–Crippen LogP) is 2.61. The molecule has 1 aliphatic heterocycles. The Morgan fingerprint density at radius 1 is 1.19 bits per heavy atom. The van der Waals surface area contributed by atoms with E-state index in [0.717, 1.165) is 0 Å². The van der Waals surface area contributed by atoms with E-state index in [1.807, 2.05) is 4.90 Å². The first-order chi connectivity index (χ1) is 14.9. The zero-order chi connectivity index (χ0) is 23.7. The molecule has 1 aliphatic rings. The van der Waals surface area contributed by atoms with Crippen molar-refractivity contribution in [3.63, 3.8) is 0 Å². The van der Waals surface area contributed by atoms with Crippen LogP contribution in [0.15, 0.2) is 53.4 Å². The van der Waals surface area contributed by atoms with E-state index in [4.69, 9.17) is 5.11 Å². The van der Waals surface area contributed by atoms with Gasteiger partial charge in [-0.3, -0.25) is 4.79 Å². The number of hydrogen-bond acceptors (Lipinski definition) is 5. The van der Waals surface area contributed by atoms with Crippen LogP contribution in [0.4, 0.5) is 18.9 Å². The first-order valence-electron chi connectivity index (χ1n) is 9.54. The van der Waals surface area contributed by atoms with Crippen LogP contribution >= 0.6 is 0 Å². The first-order valence-corrected chi connectivity index (χ1v) is 11.6. The van der Waals surface area contributed by atoms with Crippen molar-refractivity contribution in [3.8, 4) is 5.75 Å². The normalized spacial score (nSPS) is 20.2. The minimum Gasteiger partial charge on any atom is -0.481 e. The van der Waals surface area contributed by atoms with Crippen LogP contribution in [0.2, 0.25) is 0 Å². The summed E-state index contributed by atoms with van der Waals surface area (Å²) in [5.74, 6) is -1.41. The van der Waals surface area contributed by atoms with E-state index in [9.17, 15) is 26.4 Å². The molecule has 0 aliphatic carbocycles. The van der Waals surface area contributed by atoms with Crippen LogP contribution in [0.25, 0.3) is 0 Å². The number of sulfonamides is 1. The molecule has 0 saturated carbocycles. The molecule has 0 amide bonds. The molecule has 7 nitrogen and oxygen atoms in total. The average Bonchev–Trinajstić information content (AvgIpc) is 2.69. The molecule has 1 N–H and O–H groups in total. The topological polar surface area (TPSA) is 87.2 Å². The molecule has 32 heavy (non-hydrogen) atoms.